The molecule has 0 unspecified atom stereocenters. The Kier molecular flexibility index (Phi) is 5.98. The largest absolute Gasteiger partial charge is 0.283 e. The molecule has 0 aliphatic heterocycles. The van der Waals surface area contributed by atoms with Crippen LogP contribution in [0.2, 0.25) is 0 Å². The molecule has 3 rings (SSSR count). The van der Waals surface area contributed by atoms with Crippen molar-refractivity contribution < 1.29 is 0 Å². The SMILES string of the molecule is C=CCn1c(SCCCCC#N)nc2sc3c(c2c1=O)CC[C@H](C)C3. The molecule has 0 bridgehead atoms. The maximum absolute atomic E-state index is 13.1. The van der Waals surface area contributed by atoms with E-state index in [9.17, 15) is 4.79 Å². The fourth-order valence-corrected chi connectivity index (χ4v) is 5.71. The first kappa shape index (κ1) is 18.2. The second-order valence-electron chi connectivity index (χ2n) is 6.59. The van der Waals surface area contributed by atoms with Crippen molar-refractivity contribution in [3.05, 3.63) is 33.4 Å². The van der Waals surface area contributed by atoms with E-state index in [1.165, 1.54) is 10.4 Å². The first-order valence-electron chi connectivity index (χ1n) is 8.81. The molecule has 1 aliphatic carbocycles. The third-order valence-electron chi connectivity index (χ3n) is 4.61. The number of aromatic nitrogens is 2. The molecule has 2 aromatic heterocycles. The van der Waals surface area contributed by atoms with Crippen LogP contribution in [0.15, 0.2) is 22.6 Å². The van der Waals surface area contributed by atoms with E-state index in [4.69, 9.17) is 10.2 Å². The van der Waals surface area contributed by atoms with Crippen LogP contribution >= 0.6 is 23.1 Å². The van der Waals surface area contributed by atoms with Gasteiger partial charge in [-0.1, -0.05) is 24.8 Å². The number of nitriles is 1. The summed E-state index contributed by atoms with van der Waals surface area (Å²) in [5, 5.41) is 10.2. The fraction of sp³-hybridized carbons (Fsp3) is 0.526. The molecule has 2 aromatic rings. The van der Waals surface area contributed by atoms with Crippen LogP contribution in [0.25, 0.3) is 10.2 Å². The van der Waals surface area contributed by atoms with Gasteiger partial charge in [0.2, 0.25) is 0 Å². The van der Waals surface area contributed by atoms with Gasteiger partial charge >= 0.3 is 0 Å². The van der Waals surface area contributed by atoms with E-state index in [2.05, 4.69) is 19.6 Å². The summed E-state index contributed by atoms with van der Waals surface area (Å²) in [6, 6.07) is 2.17. The van der Waals surface area contributed by atoms with E-state index in [0.29, 0.717) is 18.9 Å². The van der Waals surface area contributed by atoms with E-state index in [-0.39, 0.29) is 5.56 Å². The molecular formula is C19H23N3OS2. The quantitative estimate of drug-likeness (QED) is 0.309. The van der Waals surface area contributed by atoms with E-state index in [1.807, 2.05) is 0 Å². The molecule has 1 aliphatic rings. The lowest BCUT2D eigenvalue weighted by atomic mass is 9.89. The molecular weight excluding hydrogens is 350 g/mol. The number of thioether (sulfide) groups is 1. The topological polar surface area (TPSA) is 58.7 Å². The van der Waals surface area contributed by atoms with Gasteiger partial charge < -0.3 is 0 Å². The van der Waals surface area contributed by atoms with Gasteiger partial charge in [0.15, 0.2) is 5.16 Å². The number of hydrogen-bond acceptors (Lipinski definition) is 5. The number of aryl methyl sites for hydroxylation is 1. The molecule has 25 heavy (non-hydrogen) atoms. The van der Waals surface area contributed by atoms with Gasteiger partial charge in [0.1, 0.15) is 4.83 Å². The number of hydrogen-bond donors (Lipinski definition) is 0. The van der Waals surface area contributed by atoms with Crippen molar-refractivity contribution in [2.45, 2.75) is 57.1 Å². The summed E-state index contributed by atoms with van der Waals surface area (Å²) < 4.78 is 1.76. The molecule has 0 spiro atoms. The Balaban J connectivity index is 1.96. The zero-order valence-corrected chi connectivity index (χ0v) is 16.2. The molecule has 0 saturated carbocycles. The third-order valence-corrected chi connectivity index (χ3v) is 6.82. The van der Waals surface area contributed by atoms with Crippen molar-refractivity contribution in [3.63, 3.8) is 0 Å². The smallest absolute Gasteiger partial charge is 0.263 e. The highest BCUT2D eigenvalue weighted by Gasteiger charge is 2.24. The van der Waals surface area contributed by atoms with E-state index >= 15 is 0 Å². The molecule has 0 aromatic carbocycles. The number of rotatable bonds is 7. The monoisotopic (exact) mass is 373 g/mol. The molecule has 0 radical (unpaired) electrons. The minimum atomic E-state index is 0.0801. The minimum Gasteiger partial charge on any atom is -0.283 e. The molecule has 0 N–H and O–H groups in total. The highest BCUT2D eigenvalue weighted by atomic mass is 32.2. The second-order valence-corrected chi connectivity index (χ2v) is 8.74. The van der Waals surface area contributed by atoms with Crippen molar-refractivity contribution in [1.29, 1.82) is 5.26 Å². The molecule has 0 amide bonds. The Morgan fingerprint density at radius 1 is 1.52 bits per heavy atom. The van der Waals surface area contributed by atoms with Crippen LogP contribution < -0.4 is 5.56 Å². The standard InChI is InChI=1S/C19H23N3OS2/c1-3-10-22-18(23)16-14-8-7-13(2)12-15(14)25-17(16)21-19(22)24-11-6-4-5-9-20/h3,13H,1,4-8,10-12H2,2H3/t13-/m0/s1. The third kappa shape index (κ3) is 3.83. The molecule has 0 saturated heterocycles. The van der Waals surface area contributed by atoms with Gasteiger partial charge in [-0.15, -0.1) is 17.9 Å². The second kappa shape index (κ2) is 8.20. The van der Waals surface area contributed by atoms with Crippen molar-refractivity contribution in [1.82, 2.24) is 9.55 Å². The normalized spacial score (nSPS) is 16.6. The zero-order chi connectivity index (χ0) is 17.8. The molecule has 4 nitrogen and oxygen atoms in total. The molecule has 6 heteroatoms. The summed E-state index contributed by atoms with van der Waals surface area (Å²) in [6.45, 7) is 6.56. The van der Waals surface area contributed by atoms with Gasteiger partial charge in [0.05, 0.1) is 11.5 Å². The predicted molar refractivity (Wildman–Crippen MR) is 105 cm³/mol. The summed E-state index contributed by atoms with van der Waals surface area (Å²) in [6.07, 6.45) is 7.39. The van der Waals surface area contributed by atoms with E-state index < -0.39 is 0 Å². The Morgan fingerprint density at radius 2 is 2.36 bits per heavy atom. The van der Waals surface area contributed by atoms with Crippen molar-refractivity contribution in [2.24, 2.45) is 5.92 Å². The van der Waals surface area contributed by atoms with Gasteiger partial charge in [-0.05, 0) is 43.6 Å². The maximum Gasteiger partial charge on any atom is 0.263 e. The van der Waals surface area contributed by atoms with Crippen molar-refractivity contribution in [3.8, 4) is 6.07 Å². The van der Waals surface area contributed by atoms with Gasteiger partial charge in [-0.2, -0.15) is 5.26 Å². The highest BCUT2D eigenvalue weighted by Crippen LogP contribution is 2.36. The van der Waals surface area contributed by atoms with Gasteiger partial charge in [0, 0.05) is 23.6 Å². The number of allylic oxidation sites excluding steroid dienone is 1. The zero-order valence-electron chi connectivity index (χ0n) is 14.6. The van der Waals surface area contributed by atoms with Crippen LogP contribution in [0.1, 0.15) is 43.0 Å². The summed E-state index contributed by atoms with van der Waals surface area (Å²) in [5.74, 6) is 1.56. The lowest BCUT2D eigenvalue weighted by Crippen LogP contribution is -2.23. The van der Waals surface area contributed by atoms with E-state index in [1.54, 1.807) is 33.7 Å². The first-order valence-corrected chi connectivity index (χ1v) is 10.6. The number of nitrogens with zero attached hydrogens (tertiary/aromatic N) is 3. The van der Waals surface area contributed by atoms with Crippen LogP contribution in [0.5, 0.6) is 0 Å². The Morgan fingerprint density at radius 3 is 3.12 bits per heavy atom. The predicted octanol–water partition coefficient (Wildman–Crippen LogP) is 4.55. The molecule has 2 heterocycles. The van der Waals surface area contributed by atoms with Gasteiger partial charge in [-0.25, -0.2) is 4.98 Å². The number of thiophene rings is 1. The first-order chi connectivity index (χ1) is 12.2. The highest BCUT2D eigenvalue weighted by molar-refractivity contribution is 7.99. The fourth-order valence-electron chi connectivity index (χ4n) is 3.27. The van der Waals surface area contributed by atoms with Crippen molar-refractivity contribution >= 4 is 33.3 Å². The molecule has 1 atom stereocenters. The van der Waals surface area contributed by atoms with Crippen LogP contribution in [-0.2, 0) is 19.4 Å². The maximum atomic E-state index is 13.1. The van der Waals surface area contributed by atoms with Gasteiger partial charge in [0.25, 0.3) is 5.56 Å². The van der Waals surface area contributed by atoms with Crippen LogP contribution in [-0.4, -0.2) is 15.3 Å². The van der Waals surface area contributed by atoms with Crippen molar-refractivity contribution in [2.75, 3.05) is 5.75 Å². The Labute approximate surface area is 156 Å². The summed E-state index contributed by atoms with van der Waals surface area (Å²) >= 11 is 3.31. The lowest BCUT2D eigenvalue weighted by Gasteiger charge is -2.17. The lowest BCUT2D eigenvalue weighted by molar-refractivity contribution is 0.509. The molecule has 132 valence electrons. The Hall–Kier alpha value is -1.58. The minimum absolute atomic E-state index is 0.0801. The van der Waals surface area contributed by atoms with Crippen LogP contribution in [0.3, 0.4) is 0 Å². The Bertz CT molecular complexity index is 875. The van der Waals surface area contributed by atoms with Gasteiger partial charge in [-0.3, -0.25) is 9.36 Å². The summed E-state index contributed by atoms with van der Waals surface area (Å²) in [7, 11) is 0. The van der Waals surface area contributed by atoms with Crippen LogP contribution in [0, 0.1) is 17.2 Å². The number of unbranched alkanes of at least 4 members (excludes halogenated alkanes) is 2. The molecule has 0 fully saturated rings. The number of fused-ring (bicyclic) bond motifs is 3. The summed E-state index contributed by atoms with van der Waals surface area (Å²) in [4.78, 5) is 20.2. The average Bonchev–Trinajstić information content (AvgIpc) is 2.95. The van der Waals surface area contributed by atoms with Crippen LogP contribution in [0.4, 0.5) is 0 Å². The summed E-state index contributed by atoms with van der Waals surface area (Å²) in [5.41, 5.74) is 1.32. The van der Waals surface area contributed by atoms with E-state index in [0.717, 1.165) is 53.2 Å². The average molecular weight is 374 g/mol.